The highest BCUT2D eigenvalue weighted by Crippen LogP contribution is 2.39. The van der Waals surface area contributed by atoms with Crippen LogP contribution in [0.2, 0.25) is 0 Å². The van der Waals surface area contributed by atoms with Crippen LogP contribution in [0, 0.1) is 11.8 Å². The number of fused-ring (bicyclic) bond motifs is 1. The van der Waals surface area contributed by atoms with E-state index >= 15 is 0 Å². The van der Waals surface area contributed by atoms with Crippen molar-refractivity contribution in [1.29, 1.82) is 0 Å². The molecule has 3 fully saturated rings. The van der Waals surface area contributed by atoms with E-state index in [1.54, 1.807) is 17.0 Å². The molecule has 2 atom stereocenters. The van der Waals surface area contributed by atoms with E-state index in [1.165, 1.54) is 0 Å². The predicted molar refractivity (Wildman–Crippen MR) is 96.8 cm³/mol. The lowest BCUT2D eigenvalue weighted by Crippen LogP contribution is -2.42. The first kappa shape index (κ1) is 16.5. The Hall–Kier alpha value is -2.70. The molecule has 1 saturated carbocycles. The first-order chi connectivity index (χ1) is 13.1. The van der Waals surface area contributed by atoms with Crippen LogP contribution in [0.25, 0.3) is 11.4 Å². The summed E-state index contributed by atoms with van der Waals surface area (Å²) in [6, 6.07) is 7.33. The second-order valence-corrected chi connectivity index (χ2v) is 7.93. The van der Waals surface area contributed by atoms with Crippen LogP contribution >= 0.6 is 0 Å². The number of hydrogen-bond acceptors (Lipinski definition) is 5. The van der Waals surface area contributed by atoms with Crippen LogP contribution < -0.4 is 0 Å². The van der Waals surface area contributed by atoms with Crippen molar-refractivity contribution in [2.45, 2.75) is 25.2 Å². The zero-order valence-corrected chi connectivity index (χ0v) is 15.3. The van der Waals surface area contributed by atoms with Crippen molar-refractivity contribution < 1.29 is 14.1 Å². The van der Waals surface area contributed by atoms with E-state index in [-0.39, 0.29) is 23.7 Å². The van der Waals surface area contributed by atoms with E-state index in [9.17, 15) is 9.59 Å². The number of aromatic nitrogens is 2. The van der Waals surface area contributed by atoms with Crippen molar-refractivity contribution in [2.75, 3.05) is 26.7 Å². The molecule has 1 aliphatic carbocycles. The minimum atomic E-state index is -0.0489. The highest BCUT2D eigenvalue weighted by Gasteiger charge is 2.43. The molecule has 7 nitrogen and oxygen atoms in total. The number of piperidine rings is 1. The second kappa shape index (κ2) is 6.18. The number of benzene rings is 1. The molecule has 0 spiro atoms. The van der Waals surface area contributed by atoms with Crippen LogP contribution in [0.5, 0.6) is 0 Å². The fourth-order valence-corrected chi connectivity index (χ4v) is 4.16. The molecule has 0 bridgehead atoms. The van der Waals surface area contributed by atoms with Gasteiger partial charge in [-0.05, 0) is 37.3 Å². The minimum absolute atomic E-state index is 0.0156. The van der Waals surface area contributed by atoms with E-state index in [0.29, 0.717) is 36.3 Å². The van der Waals surface area contributed by atoms with Crippen LogP contribution in [0.1, 0.15) is 41.4 Å². The standard InChI is InChI=1S/C20H22N4O3/c1-23-9-8-15-10-24(11-16(15)20(23)26)19(25)14-6-2-12(3-7-14)17-21-18(27-22-17)13-4-5-13/h2-3,6-7,13,15-16H,4-5,8-11H2,1H3/t15-,16+/m1/s1. The maximum absolute atomic E-state index is 12.9. The van der Waals surface area contributed by atoms with Crippen molar-refractivity contribution >= 4 is 11.8 Å². The maximum Gasteiger partial charge on any atom is 0.253 e. The van der Waals surface area contributed by atoms with Crippen molar-refractivity contribution in [1.82, 2.24) is 19.9 Å². The number of likely N-dealkylation sites (tertiary alicyclic amines) is 2. The maximum atomic E-state index is 12.9. The molecule has 3 heterocycles. The van der Waals surface area contributed by atoms with Gasteiger partial charge in [-0.2, -0.15) is 4.98 Å². The third-order valence-electron chi connectivity index (χ3n) is 6.02. The molecule has 2 aromatic rings. The topological polar surface area (TPSA) is 79.5 Å². The van der Waals surface area contributed by atoms with Gasteiger partial charge in [0.15, 0.2) is 0 Å². The highest BCUT2D eigenvalue weighted by atomic mass is 16.5. The Morgan fingerprint density at radius 2 is 1.93 bits per heavy atom. The second-order valence-electron chi connectivity index (χ2n) is 7.93. The molecule has 0 N–H and O–H groups in total. The Bertz CT molecular complexity index is 887. The van der Waals surface area contributed by atoms with Gasteiger partial charge in [-0.15, -0.1) is 0 Å². The zero-order valence-electron chi connectivity index (χ0n) is 15.3. The molecule has 0 radical (unpaired) electrons. The highest BCUT2D eigenvalue weighted by molar-refractivity contribution is 5.95. The van der Waals surface area contributed by atoms with Gasteiger partial charge >= 0.3 is 0 Å². The zero-order chi connectivity index (χ0) is 18.5. The largest absolute Gasteiger partial charge is 0.345 e. The monoisotopic (exact) mass is 366 g/mol. The van der Waals surface area contributed by atoms with Crippen LogP contribution in [0.4, 0.5) is 0 Å². The fourth-order valence-electron chi connectivity index (χ4n) is 4.16. The van der Waals surface area contributed by atoms with Crippen molar-refractivity contribution in [3.05, 3.63) is 35.7 Å². The molecule has 140 valence electrons. The molecule has 2 saturated heterocycles. The third kappa shape index (κ3) is 2.91. The fraction of sp³-hybridized carbons (Fsp3) is 0.500. The molecular formula is C20H22N4O3. The van der Waals surface area contributed by atoms with Crippen molar-refractivity contribution in [2.24, 2.45) is 11.8 Å². The normalized spacial score (nSPS) is 25.0. The lowest BCUT2D eigenvalue weighted by molar-refractivity contribution is -0.137. The number of amides is 2. The summed E-state index contributed by atoms with van der Waals surface area (Å²) in [5.74, 6) is 2.09. The SMILES string of the molecule is CN1CC[C@@H]2CN(C(=O)c3ccc(-c4noc(C5CC5)n4)cc3)C[C@@H]2C1=O. The summed E-state index contributed by atoms with van der Waals surface area (Å²) in [7, 11) is 1.84. The summed E-state index contributed by atoms with van der Waals surface area (Å²) in [6.07, 6.45) is 3.20. The van der Waals surface area contributed by atoms with E-state index in [1.807, 2.05) is 24.1 Å². The van der Waals surface area contributed by atoms with Gasteiger partial charge in [-0.1, -0.05) is 17.3 Å². The molecule has 2 aliphatic heterocycles. The van der Waals surface area contributed by atoms with Crippen molar-refractivity contribution in [3.63, 3.8) is 0 Å². The molecule has 1 aromatic heterocycles. The first-order valence-electron chi connectivity index (χ1n) is 9.58. The van der Waals surface area contributed by atoms with Crippen LogP contribution in [-0.4, -0.2) is 58.4 Å². The summed E-state index contributed by atoms with van der Waals surface area (Å²) < 4.78 is 5.30. The number of nitrogens with zero attached hydrogens (tertiary/aromatic N) is 4. The van der Waals surface area contributed by atoms with E-state index in [4.69, 9.17) is 4.52 Å². The van der Waals surface area contributed by atoms with Gasteiger partial charge in [0.05, 0.1) is 5.92 Å². The first-order valence-corrected chi connectivity index (χ1v) is 9.58. The molecule has 27 heavy (non-hydrogen) atoms. The lowest BCUT2D eigenvalue weighted by Gasteiger charge is -2.30. The Morgan fingerprint density at radius 3 is 2.67 bits per heavy atom. The van der Waals surface area contributed by atoms with Crippen molar-refractivity contribution in [3.8, 4) is 11.4 Å². The third-order valence-corrected chi connectivity index (χ3v) is 6.02. The minimum Gasteiger partial charge on any atom is -0.345 e. The summed E-state index contributed by atoms with van der Waals surface area (Å²) >= 11 is 0. The lowest BCUT2D eigenvalue weighted by atomic mass is 9.88. The summed E-state index contributed by atoms with van der Waals surface area (Å²) in [4.78, 5) is 33.3. The van der Waals surface area contributed by atoms with E-state index in [0.717, 1.165) is 31.4 Å². The van der Waals surface area contributed by atoms with Gasteiger partial charge in [0.25, 0.3) is 5.91 Å². The molecule has 0 unspecified atom stereocenters. The van der Waals surface area contributed by atoms with E-state index < -0.39 is 0 Å². The Morgan fingerprint density at radius 1 is 1.15 bits per heavy atom. The average molecular weight is 366 g/mol. The van der Waals surface area contributed by atoms with Gasteiger partial charge in [-0.25, -0.2) is 0 Å². The molecule has 1 aromatic carbocycles. The number of hydrogen-bond donors (Lipinski definition) is 0. The smallest absolute Gasteiger partial charge is 0.253 e. The predicted octanol–water partition coefficient (Wildman–Crippen LogP) is 2.16. The molecular weight excluding hydrogens is 344 g/mol. The summed E-state index contributed by atoms with van der Waals surface area (Å²) in [5.41, 5.74) is 1.47. The van der Waals surface area contributed by atoms with Gasteiger partial charge < -0.3 is 14.3 Å². The number of carbonyl (C=O) groups is 2. The Balaban J connectivity index is 1.30. The van der Waals surface area contributed by atoms with Gasteiger partial charge in [0.1, 0.15) is 0 Å². The van der Waals surface area contributed by atoms with Gasteiger partial charge in [-0.3, -0.25) is 9.59 Å². The van der Waals surface area contributed by atoms with Crippen LogP contribution in [0.3, 0.4) is 0 Å². The molecule has 5 rings (SSSR count). The Kier molecular flexibility index (Phi) is 3.77. The molecule has 7 heteroatoms. The van der Waals surface area contributed by atoms with Gasteiger partial charge in [0.2, 0.25) is 17.6 Å². The molecule has 2 amide bonds. The summed E-state index contributed by atoms with van der Waals surface area (Å²) in [6.45, 7) is 1.97. The van der Waals surface area contributed by atoms with Crippen LogP contribution in [-0.2, 0) is 4.79 Å². The molecule has 3 aliphatic rings. The van der Waals surface area contributed by atoms with Crippen LogP contribution in [0.15, 0.2) is 28.8 Å². The quantitative estimate of drug-likeness (QED) is 0.832. The van der Waals surface area contributed by atoms with E-state index in [2.05, 4.69) is 10.1 Å². The number of rotatable bonds is 3. The number of carbonyl (C=O) groups excluding carboxylic acids is 2. The Labute approximate surface area is 157 Å². The average Bonchev–Trinajstić information content (AvgIpc) is 3.26. The van der Waals surface area contributed by atoms with Gasteiger partial charge in [0, 0.05) is 43.7 Å². The summed E-state index contributed by atoms with van der Waals surface area (Å²) in [5, 5.41) is 4.04.